The predicted molar refractivity (Wildman–Crippen MR) is 89.5 cm³/mol. The third-order valence-corrected chi connectivity index (χ3v) is 3.68. The number of nitrogens with zero attached hydrogens (tertiary/aromatic N) is 2. The Morgan fingerprint density at radius 3 is 2.48 bits per heavy atom. The van der Waals surface area contributed by atoms with Crippen molar-refractivity contribution < 1.29 is 18.3 Å². The molecule has 0 saturated heterocycles. The van der Waals surface area contributed by atoms with Crippen LogP contribution >= 0.6 is 0 Å². The number of hydrogen-bond donors (Lipinski definition) is 1. The molecule has 1 heterocycles. The largest absolute Gasteiger partial charge is 0.497 e. The molecular weight excluding hydrogens is 328 g/mol. The molecule has 3 rings (SSSR count). The van der Waals surface area contributed by atoms with E-state index < -0.39 is 17.5 Å². The Hall–Kier alpha value is -3.22. The van der Waals surface area contributed by atoms with Crippen LogP contribution in [0.5, 0.6) is 5.75 Å². The van der Waals surface area contributed by atoms with Crippen LogP contribution in [0.1, 0.15) is 10.5 Å². The summed E-state index contributed by atoms with van der Waals surface area (Å²) < 4.78 is 33.3. The Morgan fingerprint density at radius 1 is 1.12 bits per heavy atom. The molecule has 0 aliphatic carbocycles. The number of aromatic nitrogens is 2. The molecule has 0 spiro atoms. The fraction of sp³-hybridized carbons (Fsp3) is 0.111. The van der Waals surface area contributed by atoms with Crippen LogP contribution in [-0.4, -0.2) is 22.8 Å². The molecule has 0 radical (unpaired) electrons. The molecule has 0 fully saturated rings. The SMILES string of the molecule is COc1ccc(-c2cc(C(=O)Nc3ccc(F)cc3F)nn2C)cc1. The van der Waals surface area contributed by atoms with E-state index in [9.17, 15) is 13.6 Å². The van der Waals surface area contributed by atoms with Gasteiger partial charge in [0.15, 0.2) is 5.69 Å². The van der Waals surface area contributed by atoms with Gasteiger partial charge in [0, 0.05) is 18.7 Å². The van der Waals surface area contributed by atoms with Gasteiger partial charge in [-0.25, -0.2) is 8.78 Å². The number of ether oxygens (including phenoxy) is 1. The molecule has 0 aliphatic heterocycles. The second-order valence-electron chi connectivity index (χ2n) is 5.35. The van der Waals surface area contributed by atoms with Gasteiger partial charge in [0.05, 0.1) is 18.5 Å². The minimum absolute atomic E-state index is 0.108. The van der Waals surface area contributed by atoms with Crippen LogP contribution in [0.3, 0.4) is 0 Å². The van der Waals surface area contributed by atoms with Crippen LogP contribution in [0, 0.1) is 11.6 Å². The highest BCUT2D eigenvalue weighted by atomic mass is 19.1. The summed E-state index contributed by atoms with van der Waals surface area (Å²) in [7, 11) is 3.28. The summed E-state index contributed by atoms with van der Waals surface area (Å²) in [5.41, 5.74) is 1.58. The summed E-state index contributed by atoms with van der Waals surface area (Å²) >= 11 is 0. The maximum Gasteiger partial charge on any atom is 0.276 e. The maximum absolute atomic E-state index is 13.7. The first-order valence-corrected chi connectivity index (χ1v) is 7.43. The molecule has 1 amide bonds. The predicted octanol–water partition coefficient (Wildman–Crippen LogP) is 3.63. The molecule has 2 aromatic carbocycles. The highest BCUT2D eigenvalue weighted by Gasteiger charge is 2.16. The summed E-state index contributed by atoms with van der Waals surface area (Å²) in [6.07, 6.45) is 0. The van der Waals surface area contributed by atoms with Crippen molar-refractivity contribution >= 4 is 11.6 Å². The monoisotopic (exact) mass is 343 g/mol. The quantitative estimate of drug-likeness (QED) is 0.787. The normalized spacial score (nSPS) is 10.6. The number of anilines is 1. The summed E-state index contributed by atoms with van der Waals surface area (Å²) in [6.45, 7) is 0. The number of rotatable bonds is 4. The minimum Gasteiger partial charge on any atom is -0.497 e. The molecular formula is C18H15F2N3O2. The molecule has 1 N–H and O–H groups in total. The lowest BCUT2D eigenvalue weighted by Crippen LogP contribution is -2.14. The number of methoxy groups -OCH3 is 1. The average Bonchev–Trinajstić information content (AvgIpc) is 2.99. The first kappa shape index (κ1) is 16.6. The van der Waals surface area contributed by atoms with Gasteiger partial charge in [0.25, 0.3) is 5.91 Å². The molecule has 0 unspecified atom stereocenters. The number of benzene rings is 2. The van der Waals surface area contributed by atoms with Crippen LogP contribution in [0.4, 0.5) is 14.5 Å². The van der Waals surface area contributed by atoms with E-state index in [1.165, 1.54) is 0 Å². The Morgan fingerprint density at radius 2 is 1.84 bits per heavy atom. The fourth-order valence-corrected chi connectivity index (χ4v) is 2.39. The molecule has 0 bridgehead atoms. The summed E-state index contributed by atoms with van der Waals surface area (Å²) in [5.74, 6) is -1.42. The van der Waals surface area contributed by atoms with Gasteiger partial charge in [0.1, 0.15) is 17.4 Å². The fourth-order valence-electron chi connectivity index (χ4n) is 2.39. The molecule has 5 nitrogen and oxygen atoms in total. The first-order chi connectivity index (χ1) is 12.0. The number of amides is 1. The van der Waals surface area contributed by atoms with E-state index in [0.29, 0.717) is 11.8 Å². The first-order valence-electron chi connectivity index (χ1n) is 7.43. The van der Waals surface area contributed by atoms with E-state index >= 15 is 0 Å². The van der Waals surface area contributed by atoms with E-state index in [1.807, 2.05) is 12.1 Å². The summed E-state index contributed by atoms with van der Waals surface area (Å²) in [4.78, 5) is 12.3. The molecule has 25 heavy (non-hydrogen) atoms. The molecule has 3 aromatic rings. The molecule has 128 valence electrons. The summed E-state index contributed by atoms with van der Waals surface area (Å²) in [6, 6.07) is 11.8. The van der Waals surface area contributed by atoms with Crippen molar-refractivity contribution in [1.29, 1.82) is 0 Å². The zero-order valence-electron chi connectivity index (χ0n) is 13.6. The highest BCUT2D eigenvalue weighted by Crippen LogP contribution is 2.23. The Bertz CT molecular complexity index is 921. The van der Waals surface area contributed by atoms with Crippen molar-refractivity contribution in [3.8, 4) is 17.0 Å². The standard InChI is InChI=1S/C18H15F2N3O2/c1-23-17(11-3-6-13(25-2)7-4-11)10-16(22-23)18(24)21-15-8-5-12(19)9-14(15)20/h3-10H,1-2H3,(H,21,24). The second kappa shape index (κ2) is 6.72. The lowest BCUT2D eigenvalue weighted by molar-refractivity contribution is 0.102. The van der Waals surface area contributed by atoms with Crippen LogP contribution in [-0.2, 0) is 7.05 Å². The van der Waals surface area contributed by atoms with Crippen LogP contribution in [0.15, 0.2) is 48.5 Å². The number of carbonyl (C=O) groups excluding carboxylic acids is 1. The molecule has 1 aromatic heterocycles. The van der Waals surface area contributed by atoms with Gasteiger partial charge >= 0.3 is 0 Å². The number of nitrogens with one attached hydrogen (secondary N) is 1. The van der Waals surface area contributed by atoms with E-state index in [-0.39, 0.29) is 11.4 Å². The van der Waals surface area contributed by atoms with Crippen LogP contribution in [0.25, 0.3) is 11.3 Å². The summed E-state index contributed by atoms with van der Waals surface area (Å²) in [5, 5.41) is 6.54. The Kier molecular flexibility index (Phi) is 4.47. The topological polar surface area (TPSA) is 56.1 Å². The van der Waals surface area contributed by atoms with Gasteiger partial charge in [-0.1, -0.05) is 0 Å². The Balaban J connectivity index is 1.84. The molecule has 0 saturated carbocycles. The van der Waals surface area contributed by atoms with Gasteiger partial charge in [-0.05, 0) is 42.5 Å². The number of halogens is 2. The average molecular weight is 343 g/mol. The minimum atomic E-state index is -0.848. The maximum atomic E-state index is 13.7. The van der Waals surface area contributed by atoms with Gasteiger partial charge in [-0.3, -0.25) is 9.48 Å². The lowest BCUT2D eigenvalue weighted by Gasteiger charge is -2.04. The van der Waals surface area contributed by atoms with E-state index in [2.05, 4.69) is 10.4 Å². The van der Waals surface area contributed by atoms with Gasteiger partial charge < -0.3 is 10.1 Å². The number of carbonyl (C=O) groups is 1. The van der Waals surface area contributed by atoms with Crippen LogP contribution in [0.2, 0.25) is 0 Å². The van der Waals surface area contributed by atoms with Gasteiger partial charge in [0.2, 0.25) is 0 Å². The van der Waals surface area contributed by atoms with Crippen molar-refractivity contribution in [3.63, 3.8) is 0 Å². The number of hydrogen-bond acceptors (Lipinski definition) is 3. The number of aryl methyl sites for hydroxylation is 1. The van der Waals surface area contributed by atoms with E-state index in [1.54, 1.807) is 37.0 Å². The van der Waals surface area contributed by atoms with E-state index in [4.69, 9.17) is 4.74 Å². The van der Waals surface area contributed by atoms with Crippen molar-refractivity contribution in [2.24, 2.45) is 7.05 Å². The third kappa shape index (κ3) is 3.50. The molecule has 7 heteroatoms. The van der Waals surface area contributed by atoms with Gasteiger partial charge in [-0.2, -0.15) is 5.10 Å². The lowest BCUT2D eigenvalue weighted by atomic mass is 10.1. The second-order valence-corrected chi connectivity index (χ2v) is 5.35. The highest BCUT2D eigenvalue weighted by molar-refractivity contribution is 6.03. The van der Waals surface area contributed by atoms with Crippen LogP contribution < -0.4 is 10.1 Å². The molecule has 0 atom stereocenters. The van der Waals surface area contributed by atoms with E-state index in [0.717, 1.165) is 23.4 Å². The zero-order valence-corrected chi connectivity index (χ0v) is 13.6. The van der Waals surface area contributed by atoms with Gasteiger partial charge in [-0.15, -0.1) is 0 Å². The van der Waals surface area contributed by atoms with Crippen molar-refractivity contribution in [2.45, 2.75) is 0 Å². The smallest absolute Gasteiger partial charge is 0.276 e. The third-order valence-electron chi connectivity index (χ3n) is 3.68. The van der Waals surface area contributed by atoms with Crippen molar-refractivity contribution in [3.05, 3.63) is 65.9 Å². The zero-order chi connectivity index (χ0) is 18.0. The van der Waals surface area contributed by atoms with Crippen molar-refractivity contribution in [1.82, 2.24) is 9.78 Å². The Labute approximate surface area is 142 Å². The van der Waals surface area contributed by atoms with Crippen molar-refractivity contribution in [2.75, 3.05) is 12.4 Å². The molecule has 0 aliphatic rings.